The summed E-state index contributed by atoms with van der Waals surface area (Å²) in [6.45, 7) is 0. The number of rotatable bonds is 9. The normalized spacial score (nSPS) is 16.8. The van der Waals surface area contributed by atoms with E-state index in [2.05, 4.69) is 25.9 Å². The summed E-state index contributed by atoms with van der Waals surface area (Å²) in [7, 11) is 2.97. The van der Waals surface area contributed by atoms with Gasteiger partial charge in [0.25, 0.3) is 11.8 Å². The Morgan fingerprint density at radius 3 is 2.47 bits per heavy atom. The van der Waals surface area contributed by atoms with Gasteiger partial charge in [0.2, 0.25) is 0 Å². The number of anilines is 4. The molecule has 1 saturated carbocycles. The van der Waals surface area contributed by atoms with Gasteiger partial charge in [0, 0.05) is 18.2 Å². The predicted molar refractivity (Wildman–Crippen MR) is 142 cm³/mol. The Morgan fingerprint density at radius 1 is 1.00 bits per heavy atom. The number of ether oxygens (including phenoxy) is 2. The summed E-state index contributed by atoms with van der Waals surface area (Å²) < 4.78 is 25.3. The molecule has 0 radical (unpaired) electrons. The molecule has 1 aliphatic rings. The monoisotopic (exact) mass is 523 g/mol. The molecule has 12 heteroatoms. The van der Waals surface area contributed by atoms with Crippen LogP contribution in [0.3, 0.4) is 0 Å². The van der Waals surface area contributed by atoms with Gasteiger partial charge in [-0.05, 0) is 37.1 Å². The van der Waals surface area contributed by atoms with Crippen molar-refractivity contribution in [2.45, 2.75) is 37.8 Å². The Hall–Kier alpha value is -4.45. The summed E-state index contributed by atoms with van der Waals surface area (Å²) in [5.74, 6) is -1.13. The second-order valence-electron chi connectivity index (χ2n) is 8.89. The quantitative estimate of drug-likeness (QED) is 0.282. The fourth-order valence-electron chi connectivity index (χ4n) is 4.29. The first-order valence-electron chi connectivity index (χ1n) is 12.1. The Kier molecular flexibility index (Phi) is 8.22. The highest BCUT2D eigenvalue weighted by Crippen LogP contribution is 2.28. The van der Waals surface area contributed by atoms with Crippen molar-refractivity contribution < 1.29 is 23.5 Å². The lowest BCUT2D eigenvalue weighted by Crippen LogP contribution is -2.43. The summed E-state index contributed by atoms with van der Waals surface area (Å²) in [4.78, 5) is 33.4. The van der Waals surface area contributed by atoms with Crippen LogP contribution in [0.2, 0.25) is 0 Å². The molecule has 4 rings (SSSR count). The van der Waals surface area contributed by atoms with E-state index in [0.717, 1.165) is 31.7 Å². The van der Waals surface area contributed by atoms with Crippen LogP contribution in [-0.2, 0) is 0 Å². The molecule has 38 heavy (non-hydrogen) atoms. The van der Waals surface area contributed by atoms with Gasteiger partial charge in [0.05, 0.1) is 49.1 Å². The van der Waals surface area contributed by atoms with Crippen LogP contribution in [0.1, 0.15) is 46.4 Å². The SMILES string of the molecule is COc1ccc(C(=O)Nc2cncc(Nc3nc(N[C@@H]4CCCC[C@@H]4N)c(F)cc3C(N)=O)c2)c(OC)c1. The van der Waals surface area contributed by atoms with Crippen LogP contribution in [0.15, 0.2) is 42.7 Å². The van der Waals surface area contributed by atoms with Gasteiger partial charge in [0.15, 0.2) is 11.6 Å². The lowest BCUT2D eigenvalue weighted by atomic mass is 9.91. The summed E-state index contributed by atoms with van der Waals surface area (Å²) in [6, 6.07) is 7.16. The number of nitrogens with zero attached hydrogens (tertiary/aromatic N) is 2. The predicted octanol–water partition coefficient (Wildman–Crippen LogP) is 3.41. The molecular formula is C26H30FN7O4. The van der Waals surface area contributed by atoms with Crippen LogP contribution in [0.5, 0.6) is 11.5 Å². The molecule has 0 bridgehead atoms. The molecule has 11 nitrogen and oxygen atoms in total. The van der Waals surface area contributed by atoms with E-state index in [1.165, 1.54) is 26.6 Å². The van der Waals surface area contributed by atoms with E-state index in [4.69, 9.17) is 20.9 Å². The van der Waals surface area contributed by atoms with Gasteiger partial charge in [-0.2, -0.15) is 0 Å². The zero-order valence-corrected chi connectivity index (χ0v) is 21.1. The average Bonchev–Trinajstić information content (AvgIpc) is 2.91. The second kappa shape index (κ2) is 11.7. The minimum absolute atomic E-state index is 0.0351. The van der Waals surface area contributed by atoms with Crippen molar-refractivity contribution in [1.29, 1.82) is 0 Å². The first-order chi connectivity index (χ1) is 18.3. The summed E-state index contributed by atoms with van der Waals surface area (Å²) in [5.41, 5.74) is 12.6. The topological polar surface area (TPSA) is 167 Å². The summed E-state index contributed by atoms with van der Waals surface area (Å²) in [5, 5.41) is 8.78. The van der Waals surface area contributed by atoms with Gasteiger partial charge in [0.1, 0.15) is 17.3 Å². The van der Waals surface area contributed by atoms with E-state index in [0.29, 0.717) is 28.4 Å². The molecule has 2 aromatic heterocycles. The van der Waals surface area contributed by atoms with Crippen molar-refractivity contribution in [3.63, 3.8) is 0 Å². The third-order valence-electron chi connectivity index (χ3n) is 6.30. The number of carbonyl (C=O) groups is 2. The van der Waals surface area contributed by atoms with Crippen molar-refractivity contribution >= 4 is 34.8 Å². The maximum atomic E-state index is 14.8. The molecule has 3 aromatic rings. The molecular weight excluding hydrogens is 493 g/mol. The number of benzene rings is 1. The molecule has 0 unspecified atom stereocenters. The summed E-state index contributed by atoms with van der Waals surface area (Å²) in [6.07, 6.45) is 6.52. The number of carbonyl (C=O) groups excluding carboxylic acids is 2. The highest BCUT2D eigenvalue weighted by atomic mass is 19.1. The van der Waals surface area contributed by atoms with Gasteiger partial charge < -0.3 is 36.9 Å². The van der Waals surface area contributed by atoms with E-state index in [-0.39, 0.29) is 29.3 Å². The molecule has 200 valence electrons. The zero-order valence-electron chi connectivity index (χ0n) is 21.1. The lowest BCUT2D eigenvalue weighted by molar-refractivity contribution is 0.0997. The fraction of sp³-hybridized carbons (Fsp3) is 0.308. The van der Waals surface area contributed by atoms with Crippen LogP contribution in [-0.4, -0.2) is 48.1 Å². The Balaban J connectivity index is 1.56. The first-order valence-corrected chi connectivity index (χ1v) is 12.1. The number of hydrogen-bond donors (Lipinski definition) is 5. The van der Waals surface area contributed by atoms with Gasteiger partial charge in [-0.15, -0.1) is 0 Å². The largest absolute Gasteiger partial charge is 0.497 e. The Morgan fingerprint density at radius 2 is 1.76 bits per heavy atom. The van der Waals surface area contributed by atoms with Crippen LogP contribution in [0, 0.1) is 5.82 Å². The standard InChI is InChI=1S/C26H30FN7O4/c1-37-16-7-8-17(22(10-16)38-2)26(36)32-15-9-14(12-30-13-15)31-24-18(23(29)35)11-19(27)25(34-24)33-21-6-4-3-5-20(21)28/h7-13,20-21H,3-6,28H2,1-2H3,(H2,29,35)(H,32,36)(H2,31,33,34)/t20-,21+/m0/s1. The van der Waals surface area contributed by atoms with E-state index in [9.17, 15) is 14.0 Å². The highest BCUT2D eigenvalue weighted by molar-refractivity contribution is 6.06. The molecule has 0 saturated heterocycles. The van der Waals surface area contributed by atoms with Crippen LogP contribution < -0.4 is 36.9 Å². The minimum Gasteiger partial charge on any atom is -0.497 e. The van der Waals surface area contributed by atoms with Gasteiger partial charge >= 0.3 is 0 Å². The number of halogens is 1. The van der Waals surface area contributed by atoms with Gasteiger partial charge in [-0.25, -0.2) is 9.37 Å². The van der Waals surface area contributed by atoms with Gasteiger partial charge in [-0.1, -0.05) is 12.8 Å². The average molecular weight is 524 g/mol. The number of nitrogens with one attached hydrogen (secondary N) is 3. The highest BCUT2D eigenvalue weighted by Gasteiger charge is 2.24. The summed E-state index contributed by atoms with van der Waals surface area (Å²) >= 11 is 0. The maximum absolute atomic E-state index is 14.8. The number of aromatic nitrogens is 2. The molecule has 2 amide bonds. The molecule has 1 aliphatic carbocycles. The van der Waals surface area contributed by atoms with Crippen molar-refractivity contribution in [2.24, 2.45) is 11.5 Å². The maximum Gasteiger partial charge on any atom is 0.259 e. The number of nitrogens with two attached hydrogens (primary N) is 2. The van der Waals surface area contributed by atoms with E-state index >= 15 is 0 Å². The third kappa shape index (κ3) is 6.09. The van der Waals surface area contributed by atoms with Gasteiger partial charge in [-0.3, -0.25) is 14.6 Å². The van der Waals surface area contributed by atoms with Crippen molar-refractivity contribution in [1.82, 2.24) is 9.97 Å². The lowest BCUT2D eigenvalue weighted by Gasteiger charge is -2.30. The van der Waals surface area contributed by atoms with Crippen molar-refractivity contribution in [3.05, 3.63) is 59.7 Å². The molecule has 0 spiro atoms. The smallest absolute Gasteiger partial charge is 0.259 e. The Labute approximate surface area is 219 Å². The fourth-order valence-corrected chi connectivity index (χ4v) is 4.29. The minimum atomic E-state index is -0.858. The first kappa shape index (κ1) is 26.6. The molecule has 0 aliphatic heterocycles. The molecule has 1 aromatic carbocycles. The second-order valence-corrected chi connectivity index (χ2v) is 8.89. The van der Waals surface area contributed by atoms with E-state index in [1.54, 1.807) is 24.3 Å². The number of hydrogen-bond acceptors (Lipinski definition) is 9. The number of pyridine rings is 2. The van der Waals surface area contributed by atoms with Crippen LogP contribution in [0.25, 0.3) is 0 Å². The van der Waals surface area contributed by atoms with Crippen LogP contribution in [0.4, 0.5) is 27.4 Å². The molecule has 2 atom stereocenters. The molecule has 7 N–H and O–H groups in total. The number of primary amides is 1. The van der Waals surface area contributed by atoms with E-state index in [1.807, 2.05) is 0 Å². The van der Waals surface area contributed by atoms with Crippen molar-refractivity contribution in [2.75, 3.05) is 30.2 Å². The van der Waals surface area contributed by atoms with E-state index < -0.39 is 17.6 Å². The van der Waals surface area contributed by atoms with Crippen molar-refractivity contribution in [3.8, 4) is 11.5 Å². The number of methoxy groups -OCH3 is 2. The zero-order chi connectivity index (χ0) is 27.2. The molecule has 2 heterocycles. The molecule has 1 fully saturated rings. The van der Waals surface area contributed by atoms with Crippen LogP contribution >= 0.6 is 0 Å². The number of amides is 2. The third-order valence-corrected chi connectivity index (χ3v) is 6.30. The Bertz CT molecular complexity index is 1340.